The summed E-state index contributed by atoms with van der Waals surface area (Å²) in [6.07, 6.45) is 0. The summed E-state index contributed by atoms with van der Waals surface area (Å²) in [6.45, 7) is 2.67. The number of oxime groups is 1. The SMILES string of the molecule is CCS(=O)(=O)[C@@H](CO)/C(=N\O)c1ccccc1C. The van der Waals surface area contributed by atoms with Gasteiger partial charge in [-0.3, -0.25) is 0 Å². The summed E-state index contributed by atoms with van der Waals surface area (Å²) in [5.41, 5.74) is 1.29. The number of benzene rings is 1. The molecular weight excluding hydrogens is 254 g/mol. The van der Waals surface area contributed by atoms with Crippen LogP contribution in [0.25, 0.3) is 0 Å². The van der Waals surface area contributed by atoms with E-state index in [1.807, 2.05) is 0 Å². The van der Waals surface area contributed by atoms with Crippen molar-refractivity contribution in [2.45, 2.75) is 19.1 Å². The van der Waals surface area contributed by atoms with Gasteiger partial charge in [0.05, 0.1) is 6.61 Å². The van der Waals surface area contributed by atoms with E-state index in [9.17, 15) is 13.5 Å². The number of sulfone groups is 1. The molecule has 0 saturated carbocycles. The van der Waals surface area contributed by atoms with Gasteiger partial charge in [0.2, 0.25) is 0 Å². The smallest absolute Gasteiger partial charge is 0.161 e. The minimum absolute atomic E-state index is 0.0162. The molecule has 2 N–H and O–H groups in total. The van der Waals surface area contributed by atoms with E-state index >= 15 is 0 Å². The molecule has 0 aliphatic heterocycles. The zero-order valence-electron chi connectivity index (χ0n) is 10.4. The minimum Gasteiger partial charge on any atom is -0.411 e. The van der Waals surface area contributed by atoms with Crippen LogP contribution in [0, 0.1) is 6.92 Å². The minimum atomic E-state index is -3.53. The lowest BCUT2D eigenvalue weighted by atomic mass is 10.0. The van der Waals surface area contributed by atoms with Crippen LogP contribution in [0.1, 0.15) is 18.1 Å². The zero-order valence-corrected chi connectivity index (χ0v) is 11.2. The first-order chi connectivity index (χ1) is 8.47. The van der Waals surface area contributed by atoms with Crippen molar-refractivity contribution < 1.29 is 18.7 Å². The Bertz CT molecular complexity index is 537. The molecule has 0 amide bonds. The molecule has 0 saturated heterocycles. The summed E-state index contributed by atoms with van der Waals surface area (Å²) in [5, 5.41) is 20.2. The Kier molecular flexibility index (Phi) is 4.86. The molecule has 0 aromatic heterocycles. The molecule has 1 aromatic rings. The molecule has 0 aliphatic rings. The molecule has 1 aromatic carbocycles. The Morgan fingerprint density at radius 2 is 2.00 bits per heavy atom. The Balaban J connectivity index is 3.31. The van der Waals surface area contributed by atoms with E-state index in [1.165, 1.54) is 6.92 Å². The molecular formula is C12H17NO4S. The molecule has 1 atom stereocenters. The van der Waals surface area contributed by atoms with Gasteiger partial charge < -0.3 is 10.3 Å². The van der Waals surface area contributed by atoms with Gasteiger partial charge in [0, 0.05) is 11.3 Å². The topological polar surface area (TPSA) is 87.0 Å². The average Bonchev–Trinajstić information content (AvgIpc) is 2.36. The number of aryl methyl sites for hydroxylation is 1. The van der Waals surface area contributed by atoms with Crippen molar-refractivity contribution in [2.24, 2.45) is 5.16 Å². The van der Waals surface area contributed by atoms with Crippen LogP contribution in [0.4, 0.5) is 0 Å². The number of hydrogen-bond acceptors (Lipinski definition) is 5. The van der Waals surface area contributed by atoms with Crippen LogP contribution in [0.3, 0.4) is 0 Å². The van der Waals surface area contributed by atoms with Gasteiger partial charge >= 0.3 is 0 Å². The molecule has 0 heterocycles. The second-order valence-electron chi connectivity index (χ2n) is 3.92. The standard InChI is InChI=1S/C12H17NO4S/c1-3-18(16,17)11(8-14)12(13-15)10-7-5-4-6-9(10)2/h4-7,11,14-15H,3,8H2,1-2H3/b13-12-/t11-/m0/s1. The van der Waals surface area contributed by atoms with Gasteiger partial charge in [-0.05, 0) is 12.5 Å². The number of hydrogen-bond donors (Lipinski definition) is 2. The molecule has 0 aliphatic carbocycles. The van der Waals surface area contributed by atoms with E-state index in [2.05, 4.69) is 5.16 Å². The summed E-state index contributed by atoms with van der Waals surface area (Å²) < 4.78 is 23.7. The van der Waals surface area contributed by atoms with Gasteiger partial charge in [-0.1, -0.05) is 36.3 Å². The molecule has 5 nitrogen and oxygen atoms in total. The van der Waals surface area contributed by atoms with Crippen molar-refractivity contribution in [1.82, 2.24) is 0 Å². The third-order valence-electron chi connectivity index (χ3n) is 2.84. The number of aliphatic hydroxyl groups is 1. The normalized spacial score (nSPS) is 14.5. The zero-order chi connectivity index (χ0) is 13.8. The predicted octanol–water partition coefficient (Wildman–Crippen LogP) is 0.969. The summed E-state index contributed by atoms with van der Waals surface area (Å²) in [6, 6.07) is 6.97. The maximum atomic E-state index is 11.9. The fraction of sp³-hybridized carbons (Fsp3) is 0.417. The summed E-state index contributed by atoms with van der Waals surface area (Å²) in [5.74, 6) is -0.122. The molecule has 0 radical (unpaired) electrons. The predicted molar refractivity (Wildman–Crippen MR) is 69.8 cm³/mol. The molecule has 0 spiro atoms. The van der Waals surface area contributed by atoms with E-state index in [0.29, 0.717) is 5.56 Å². The van der Waals surface area contributed by atoms with E-state index in [4.69, 9.17) is 5.21 Å². The van der Waals surface area contributed by atoms with Crippen molar-refractivity contribution in [3.05, 3.63) is 35.4 Å². The first-order valence-corrected chi connectivity index (χ1v) is 7.29. The first kappa shape index (κ1) is 14.7. The summed E-state index contributed by atoms with van der Waals surface area (Å²) in [4.78, 5) is 0. The highest BCUT2D eigenvalue weighted by atomic mass is 32.2. The average molecular weight is 271 g/mol. The largest absolute Gasteiger partial charge is 0.411 e. The summed E-state index contributed by atoms with van der Waals surface area (Å²) in [7, 11) is -3.53. The van der Waals surface area contributed by atoms with E-state index in [1.54, 1.807) is 31.2 Å². The van der Waals surface area contributed by atoms with E-state index < -0.39 is 21.7 Å². The lowest BCUT2D eigenvalue weighted by Gasteiger charge is -2.17. The van der Waals surface area contributed by atoms with Crippen LogP contribution in [0.5, 0.6) is 0 Å². The summed E-state index contributed by atoms with van der Waals surface area (Å²) >= 11 is 0. The maximum absolute atomic E-state index is 11.9. The van der Waals surface area contributed by atoms with Crippen LogP contribution >= 0.6 is 0 Å². The Labute approximate surface area is 107 Å². The van der Waals surface area contributed by atoms with Gasteiger partial charge in [0.1, 0.15) is 11.0 Å². The van der Waals surface area contributed by atoms with Gasteiger partial charge in [-0.2, -0.15) is 0 Å². The molecule has 6 heteroatoms. The van der Waals surface area contributed by atoms with E-state index in [-0.39, 0.29) is 11.5 Å². The Hall–Kier alpha value is -1.40. The van der Waals surface area contributed by atoms with Crippen molar-refractivity contribution in [3.63, 3.8) is 0 Å². The second kappa shape index (κ2) is 5.97. The van der Waals surface area contributed by atoms with Crippen LogP contribution in [-0.4, -0.2) is 42.1 Å². The molecule has 0 unspecified atom stereocenters. The van der Waals surface area contributed by atoms with Crippen molar-refractivity contribution in [1.29, 1.82) is 0 Å². The van der Waals surface area contributed by atoms with Crippen LogP contribution < -0.4 is 0 Å². The lowest BCUT2D eigenvalue weighted by Crippen LogP contribution is -2.36. The highest BCUT2D eigenvalue weighted by Crippen LogP contribution is 2.16. The number of rotatable bonds is 5. The van der Waals surface area contributed by atoms with Gasteiger partial charge in [-0.25, -0.2) is 8.42 Å². The van der Waals surface area contributed by atoms with Crippen molar-refractivity contribution >= 4 is 15.5 Å². The van der Waals surface area contributed by atoms with Crippen molar-refractivity contribution in [2.75, 3.05) is 12.4 Å². The number of nitrogens with zero attached hydrogens (tertiary/aromatic N) is 1. The third-order valence-corrected chi connectivity index (χ3v) is 4.88. The molecule has 18 heavy (non-hydrogen) atoms. The van der Waals surface area contributed by atoms with Crippen LogP contribution in [0.2, 0.25) is 0 Å². The Morgan fingerprint density at radius 1 is 1.39 bits per heavy atom. The highest BCUT2D eigenvalue weighted by Gasteiger charge is 2.30. The van der Waals surface area contributed by atoms with Crippen LogP contribution in [-0.2, 0) is 9.84 Å². The fourth-order valence-electron chi connectivity index (χ4n) is 1.72. The third kappa shape index (κ3) is 2.88. The van der Waals surface area contributed by atoms with Gasteiger partial charge in [-0.15, -0.1) is 0 Å². The Morgan fingerprint density at radius 3 is 2.44 bits per heavy atom. The number of aliphatic hydroxyl groups excluding tert-OH is 1. The van der Waals surface area contributed by atoms with Gasteiger partial charge in [0.25, 0.3) is 0 Å². The quantitative estimate of drug-likeness (QED) is 0.474. The maximum Gasteiger partial charge on any atom is 0.161 e. The molecule has 100 valence electrons. The van der Waals surface area contributed by atoms with Gasteiger partial charge in [0.15, 0.2) is 9.84 Å². The lowest BCUT2D eigenvalue weighted by molar-refractivity contribution is 0.296. The van der Waals surface area contributed by atoms with E-state index in [0.717, 1.165) is 5.56 Å². The first-order valence-electron chi connectivity index (χ1n) is 5.58. The second-order valence-corrected chi connectivity index (χ2v) is 6.40. The monoisotopic (exact) mass is 271 g/mol. The van der Waals surface area contributed by atoms with Crippen molar-refractivity contribution in [3.8, 4) is 0 Å². The van der Waals surface area contributed by atoms with Crippen LogP contribution in [0.15, 0.2) is 29.4 Å². The fourth-order valence-corrected chi connectivity index (χ4v) is 2.87. The molecule has 0 fully saturated rings. The highest BCUT2D eigenvalue weighted by molar-refractivity contribution is 7.92. The molecule has 0 bridgehead atoms. The molecule has 1 rings (SSSR count).